The highest BCUT2D eigenvalue weighted by atomic mass is 79.9. The molecule has 0 saturated heterocycles. The summed E-state index contributed by atoms with van der Waals surface area (Å²) in [5.41, 5.74) is 1.35. The Bertz CT molecular complexity index is 226. The monoisotopic (exact) mass is 210 g/mol. The molecule has 0 spiro atoms. The van der Waals surface area contributed by atoms with Gasteiger partial charge in [-0.3, -0.25) is 0 Å². The summed E-state index contributed by atoms with van der Waals surface area (Å²) >= 11 is 3.27. The van der Waals surface area contributed by atoms with Crippen molar-refractivity contribution in [3.63, 3.8) is 0 Å². The molecule has 0 bridgehead atoms. The van der Waals surface area contributed by atoms with E-state index in [1.807, 2.05) is 11.1 Å². The van der Waals surface area contributed by atoms with Gasteiger partial charge in [-0.25, -0.2) is 0 Å². The SMILES string of the molecule is CC(/C=C\Br)c1ccccc1. The van der Waals surface area contributed by atoms with Gasteiger partial charge in [0.25, 0.3) is 0 Å². The molecule has 0 fully saturated rings. The molecule has 1 rings (SSSR count). The van der Waals surface area contributed by atoms with E-state index in [2.05, 4.69) is 53.2 Å². The van der Waals surface area contributed by atoms with E-state index in [9.17, 15) is 0 Å². The zero-order valence-electron chi connectivity index (χ0n) is 6.50. The van der Waals surface area contributed by atoms with Gasteiger partial charge < -0.3 is 0 Å². The van der Waals surface area contributed by atoms with Crippen LogP contribution in [0.2, 0.25) is 0 Å². The Morgan fingerprint density at radius 1 is 1.27 bits per heavy atom. The lowest BCUT2D eigenvalue weighted by Crippen LogP contribution is -1.86. The molecule has 0 aliphatic carbocycles. The number of allylic oxidation sites excluding steroid dienone is 1. The molecule has 1 unspecified atom stereocenters. The van der Waals surface area contributed by atoms with E-state index < -0.39 is 0 Å². The van der Waals surface area contributed by atoms with Crippen LogP contribution in [0.25, 0.3) is 0 Å². The van der Waals surface area contributed by atoms with Crippen LogP contribution in [0.3, 0.4) is 0 Å². The van der Waals surface area contributed by atoms with E-state index in [1.165, 1.54) is 5.56 Å². The van der Waals surface area contributed by atoms with Crippen molar-refractivity contribution in [2.45, 2.75) is 12.8 Å². The Labute approximate surface area is 76.1 Å². The molecule has 1 atom stereocenters. The normalized spacial score (nSPS) is 13.6. The zero-order valence-corrected chi connectivity index (χ0v) is 8.08. The lowest BCUT2D eigenvalue weighted by Gasteiger charge is -2.04. The van der Waals surface area contributed by atoms with E-state index in [1.54, 1.807) is 0 Å². The highest BCUT2D eigenvalue weighted by Crippen LogP contribution is 2.15. The van der Waals surface area contributed by atoms with Crippen molar-refractivity contribution in [3.05, 3.63) is 47.0 Å². The second-order valence-electron chi connectivity index (χ2n) is 2.52. The summed E-state index contributed by atoms with van der Waals surface area (Å²) in [6.07, 6.45) is 2.12. The zero-order chi connectivity index (χ0) is 8.10. The fourth-order valence-electron chi connectivity index (χ4n) is 0.977. The van der Waals surface area contributed by atoms with E-state index in [-0.39, 0.29) is 0 Å². The molecular formula is C10H11Br. The molecule has 0 amide bonds. The van der Waals surface area contributed by atoms with Crippen LogP contribution in [-0.2, 0) is 0 Å². The number of hydrogen-bond donors (Lipinski definition) is 0. The van der Waals surface area contributed by atoms with Crippen LogP contribution in [0, 0.1) is 0 Å². The molecule has 1 heteroatoms. The van der Waals surface area contributed by atoms with E-state index in [0.717, 1.165) is 0 Å². The molecule has 0 aliphatic heterocycles. The van der Waals surface area contributed by atoms with Crippen LogP contribution in [-0.4, -0.2) is 0 Å². The van der Waals surface area contributed by atoms with Gasteiger partial charge in [0, 0.05) is 0 Å². The van der Waals surface area contributed by atoms with Gasteiger partial charge >= 0.3 is 0 Å². The Morgan fingerprint density at radius 2 is 1.91 bits per heavy atom. The van der Waals surface area contributed by atoms with Crippen molar-refractivity contribution in [1.82, 2.24) is 0 Å². The third kappa shape index (κ3) is 2.51. The second-order valence-corrected chi connectivity index (χ2v) is 3.05. The topological polar surface area (TPSA) is 0 Å². The smallest absolute Gasteiger partial charge is 0.000220 e. The quantitative estimate of drug-likeness (QED) is 0.699. The minimum Gasteiger partial charge on any atom is -0.0704 e. The lowest BCUT2D eigenvalue weighted by molar-refractivity contribution is 0.970. The van der Waals surface area contributed by atoms with Crippen LogP contribution in [0.15, 0.2) is 41.4 Å². The van der Waals surface area contributed by atoms with Crippen molar-refractivity contribution in [2.24, 2.45) is 0 Å². The number of benzene rings is 1. The number of rotatable bonds is 2. The second kappa shape index (κ2) is 4.35. The summed E-state index contributed by atoms with van der Waals surface area (Å²) in [5, 5.41) is 0. The molecule has 11 heavy (non-hydrogen) atoms. The van der Waals surface area contributed by atoms with Gasteiger partial charge in [0.05, 0.1) is 0 Å². The summed E-state index contributed by atoms with van der Waals surface area (Å²) in [6.45, 7) is 2.17. The molecule has 0 aromatic heterocycles. The van der Waals surface area contributed by atoms with Gasteiger partial charge in [0.15, 0.2) is 0 Å². The fourth-order valence-corrected chi connectivity index (χ4v) is 1.43. The maximum atomic E-state index is 3.27. The maximum Gasteiger partial charge on any atom is -0.000220 e. The first-order valence-electron chi connectivity index (χ1n) is 3.66. The van der Waals surface area contributed by atoms with Gasteiger partial charge in [-0.05, 0) is 16.5 Å². The van der Waals surface area contributed by atoms with Gasteiger partial charge in [-0.2, -0.15) is 0 Å². The molecule has 0 saturated carbocycles. The molecule has 0 nitrogen and oxygen atoms in total. The predicted octanol–water partition coefficient (Wildman–Crippen LogP) is 3.70. The van der Waals surface area contributed by atoms with Gasteiger partial charge in [-0.1, -0.05) is 59.3 Å². The van der Waals surface area contributed by atoms with E-state index in [0.29, 0.717) is 5.92 Å². The molecule has 0 N–H and O–H groups in total. The van der Waals surface area contributed by atoms with Crippen molar-refractivity contribution < 1.29 is 0 Å². The van der Waals surface area contributed by atoms with Gasteiger partial charge in [0.1, 0.15) is 0 Å². The standard InChI is InChI=1S/C10H11Br/c1-9(7-8-11)10-5-3-2-4-6-10/h2-9H,1H3/b8-7-. The molecule has 1 aromatic rings. The van der Waals surface area contributed by atoms with Crippen LogP contribution < -0.4 is 0 Å². The fraction of sp³-hybridized carbons (Fsp3) is 0.200. The van der Waals surface area contributed by atoms with Crippen LogP contribution >= 0.6 is 15.9 Å². The third-order valence-electron chi connectivity index (χ3n) is 1.69. The molecule has 1 aromatic carbocycles. The summed E-state index contributed by atoms with van der Waals surface area (Å²) < 4.78 is 0. The Morgan fingerprint density at radius 3 is 2.45 bits per heavy atom. The van der Waals surface area contributed by atoms with E-state index in [4.69, 9.17) is 0 Å². The average molecular weight is 211 g/mol. The van der Waals surface area contributed by atoms with Crippen molar-refractivity contribution >= 4 is 15.9 Å². The summed E-state index contributed by atoms with van der Waals surface area (Å²) in [6, 6.07) is 10.4. The molecule has 0 radical (unpaired) electrons. The highest BCUT2D eigenvalue weighted by molar-refractivity contribution is 9.11. The highest BCUT2D eigenvalue weighted by Gasteiger charge is 1.97. The van der Waals surface area contributed by atoms with Crippen LogP contribution in [0.5, 0.6) is 0 Å². The maximum absolute atomic E-state index is 3.27. The minimum atomic E-state index is 0.496. The molecule has 58 valence electrons. The molecule has 0 heterocycles. The third-order valence-corrected chi connectivity index (χ3v) is 1.99. The van der Waals surface area contributed by atoms with Crippen molar-refractivity contribution in [1.29, 1.82) is 0 Å². The summed E-state index contributed by atoms with van der Waals surface area (Å²) in [5.74, 6) is 0.496. The Hall–Kier alpha value is -0.560. The first-order chi connectivity index (χ1) is 5.34. The van der Waals surface area contributed by atoms with Gasteiger partial charge in [0.2, 0.25) is 0 Å². The van der Waals surface area contributed by atoms with Gasteiger partial charge in [-0.15, -0.1) is 0 Å². The first kappa shape index (κ1) is 8.54. The van der Waals surface area contributed by atoms with Crippen LogP contribution in [0.4, 0.5) is 0 Å². The Kier molecular flexibility index (Phi) is 3.37. The number of halogens is 1. The molecular weight excluding hydrogens is 200 g/mol. The first-order valence-corrected chi connectivity index (χ1v) is 4.58. The average Bonchev–Trinajstić information content (AvgIpc) is 2.07. The minimum absolute atomic E-state index is 0.496. The largest absolute Gasteiger partial charge is 0.0704 e. The predicted molar refractivity (Wildman–Crippen MR) is 52.9 cm³/mol. The Balaban J connectivity index is 2.76. The van der Waals surface area contributed by atoms with E-state index >= 15 is 0 Å². The lowest BCUT2D eigenvalue weighted by atomic mass is 10.0. The summed E-state index contributed by atoms with van der Waals surface area (Å²) in [7, 11) is 0. The molecule has 0 aliphatic rings. The number of hydrogen-bond acceptors (Lipinski definition) is 0. The van der Waals surface area contributed by atoms with Crippen LogP contribution in [0.1, 0.15) is 18.4 Å². The summed E-state index contributed by atoms with van der Waals surface area (Å²) in [4.78, 5) is 1.91. The van der Waals surface area contributed by atoms with Crippen molar-refractivity contribution in [3.8, 4) is 0 Å². The van der Waals surface area contributed by atoms with Crippen molar-refractivity contribution in [2.75, 3.05) is 0 Å².